The highest BCUT2D eigenvalue weighted by atomic mass is 15.2. The molecular formula is C19H18N6. The van der Waals surface area contributed by atoms with Crippen molar-refractivity contribution < 1.29 is 0 Å². The summed E-state index contributed by atoms with van der Waals surface area (Å²) in [6.07, 6.45) is 4.35. The number of nitrogen functional groups attached to an aromatic ring is 1. The number of hydrogen-bond acceptors (Lipinski definition) is 5. The fraction of sp³-hybridized carbons (Fsp3) is 0.211. The Kier molecular flexibility index (Phi) is 3.92. The maximum absolute atomic E-state index is 9.24. The van der Waals surface area contributed by atoms with Crippen molar-refractivity contribution in [2.75, 3.05) is 12.3 Å². The first kappa shape index (κ1) is 15.4. The number of hydrogen-bond donors (Lipinski definition) is 2. The summed E-state index contributed by atoms with van der Waals surface area (Å²) in [4.78, 5) is 14.3. The number of rotatable bonds is 3. The monoisotopic (exact) mass is 330 g/mol. The van der Waals surface area contributed by atoms with Crippen molar-refractivity contribution in [2.24, 2.45) is 0 Å². The van der Waals surface area contributed by atoms with E-state index in [0.29, 0.717) is 17.9 Å². The largest absolute Gasteiger partial charge is 0.383 e. The molecule has 0 spiro atoms. The molecule has 1 unspecified atom stereocenters. The summed E-state index contributed by atoms with van der Waals surface area (Å²) in [6.45, 7) is 1.57. The summed E-state index contributed by atoms with van der Waals surface area (Å²) >= 11 is 0. The number of nitrogens with two attached hydrogens (primary N) is 1. The Hall–Kier alpha value is -3.17. The summed E-state index contributed by atoms with van der Waals surface area (Å²) in [7, 11) is 0. The third-order valence-electron chi connectivity index (χ3n) is 4.66. The fourth-order valence-corrected chi connectivity index (χ4v) is 3.45. The number of aromatic amines is 1. The van der Waals surface area contributed by atoms with Crippen molar-refractivity contribution in [1.82, 2.24) is 19.9 Å². The van der Waals surface area contributed by atoms with Crippen molar-refractivity contribution in [3.8, 4) is 6.07 Å². The Morgan fingerprint density at radius 2 is 2.20 bits per heavy atom. The molecule has 2 aromatic heterocycles. The number of benzene rings is 1. The van der Waals surface area contributed by atoms with E-state index in [4.69, 9.17) is 5.73 Å². The summed E-state index contributed by atoms with van der Waals surface area (Å²) in [6, 6.07) is 13.9. The van der Waals surface area contributed by atoms with E-state index in [2.05, 4.69) is 32.0 Å². The van der Waals surface area contributed by atoms with Crippen molar-refractivity contribution in [3.05, 3.63) is 77.0 Å². The molecule has 0 fully saturated rings. The third kappa shape index (κ3) is 2.86. The number of pyridine rings is 1. The molecule has 3 aromatic rings. The second-order valence-electron chi connectivity index (χ2n) is 6.17. The number of nitrogens with zero attached hydrogens (tertiary/aromatic N) is 4. The van der Waals surface area contributed by atoms with Gasteiger partial charge < -0.3 is 10.7 Å². The number of fused-ring (bicyclic) bond motifs is 1. The first-order chi connectivity index (χ1) is 12.3. The number of H-pyrrole nitrogens is 1. The van der Waals surface area contributed by atoms with Gasteiger partial charge in [0.05, 0.1) is 29.7 Å². The second kappa shape index (κ2) is 6.38. The number of nitriles is 1. The van der Waals surface area contributed by atoms with Crippen LogP contribution in [0.1, 0.15) is 34.1 Å². The van der Waals surface area contributed by atoms with Crippen LogP contribution in [0.4, 0.5) is 5.82 Å². The Morgan fingerprint density at radius 3 is 3.04 bits per heavy atom. The van der Waals surface area contributed by atoms with E-state index < -0.39 is 0 Å². The van der Waals surface area contributed by atoms with Crippen molar-refractivity contribution >= 4 is 5.82 Å². The van der Waals surface area contributed by atoms with E-state index in [1.165, 1.54) is 0 Å². The van der Waals surface area contributed by atoms with E-state index in [-0.39, 0.29) is 6.04 Å². The number of imidazole rings is 1. The molecule has 3 N–H and O–H groups in total. The molecule has 6 nitrogen and oxygen atoms in total. The molecule has 0 aliphatic carbocycles. The minimum atomic E-state index is -0.0112. The van der Waals surface area contributed by atoms with Crippen LogP contribution in [-0.4, -0.2) is 26.4 Å². The lowest BCUT2D eigenvalue weighted by molar-refractivity contribution is 0.200. The highest BCUT2D eigenvalue weighted by Gasteiger charge is 2.31. The minimum absolute atomic E-state index is 0.0112. The molecule has 1 aliphatic heterocycles. The zero-order valence-corrected chi connectivity index (χ0v) is 13.7. The molecule has 3 heterocycles. The quantitative estimate of drug-likeness (QED) is 0.769. The Bertz CT molecular complexity index is 939. The molecule has 25 heavy (non-hydrogen) atoms. The Morgan fingerprint density at radius 1 is 1.28 bits per heavy atom. The highest BCUT2D eigenvalue weighted by Crippen LogP contribution is 2.35. The van der Waals surface area contributed by atoms with E-state index >= 15 is 0 Å². The van der Waals surface area contributed by atoms with Gasteiger partial charge in [0.25, 0.3) is 0 Å². The van der Waals surface area contributed by atoms with Crippen molar-refractivity contribution in [3.63, 3.8) is 0 Å². The maximum Gasteiger partial charge on any atom is 0.127 e. The summed E-state index contributed by atoms with van der Waals surface area (Å²) < 4.78 is 0. The van der Waals surface area contributed by atoms with Crippen LogP contribution in [0.2, 0.25) is 0 Å². The molecule has 0 bridgehead atoms. The lowest BCUT2D eigenvalue weighted by Gasteiger charge is -2.35. The SMILES string of the molecule is N#Cc1cccc(C2c3nc[nH]c3CCN2Cc2cccnc2N)c1. The van der Waals surface area contributed by atoms with Gasteiger partial charge in [0, 0.05) is 37.0 Å². The van der Waals surface area contributed by atoms with Gasteiger partial charge in [0.2, 0.25) is 0 Å². The summed E-state index contributed by atoms with van der Waals surface area (Å²) in [5.41, 5.74) is 10.9. The van der Waals surface area contributed by atoms with Crippen LogP contribution in [0.5, 0.6) is 0 Å². The number of anilines is 1. The topological polar surface area (TPSA) is 94.6 Å². The van der Waals surface area contributed by atoms with Crippen LogP contribution >= 0.6 is 0 Å². The van der Waals surface area contributed by atoms with Crippen LogP contribution in [0, 0.1) is 11.3 Å². The van der Waals surface area contributed by atoms with E-state index in [1.807, 2.05) is 30.3 Å². The molecule has 1 aromatic carbocycles. The fourth-order valence-electron chi connectivity index (χ4n) is 3.45. The molecular weight excluding hydrogens is 312 g/mol. The van der Waals surface area contributed by atoms with Gasteiger partial charge in [0.15, 0.2) is 0 Å². The van der Waals surface area contributed by atoms with Crippen LogP contribution < -0.4 is 5.73 Å². The van der Waals surface area contributed by atoms with E-state index in [0.717, 1.165) is 35.5 Å². The molecule has 4 rings (SSSR count). The third-order valence-corrected chi connectivity index (χ3v) is 4.66. The van der Waals surface area contributed by atoms with Gasteiger partial charge in [-0.15, -0.1) is 0 Å². The predicted octanol–water partition coefficient (Wildman–Crippen LogP) is 2.41. The van der Waals surface area contributed by atoms with Crippen LogP contribution in [-0.2, 0) is 13.0 Å². The molecule has 0 saturated carbocycles. The first-order valence-corrected chi connectivity index (χ1v) is 8.22. The predicted molar refractivity (Wildman–Crippen MR) is 94.4 cm³/mol. The van der Waals surface area contributed by atoms with Gasteiger partial charge in [-0.3, -0.25) is 4.90 Å². The number of aromatic nitrogens is 3. The molecule has 6 heteroatoms. The zero-order chi connectivity index (χ0) is 17.2. The summed E-state index contributed by atoms with van der Waals surface area (Å²) in [5, 5.41) is 9.24. The lowest BCUT2D eigenvalue weighted by Crippen LogP contribution is -2.36. The first-order valence-electron chi connectivity index (χ1n) is 8.22. The van der Waals surface area contributed by atoms with E-state index in [9.17, 15) is 5.26 Å². The van der Waals surface area contributed by atoms with Gasteiger partial charge in [-0.1, -0.05) is 18.2 Å². The Labute approximate surface area is 146 Å². The average molecular weight is 330 g/mol. The maximum atomic E-state index is 9.24. The molecule has 1 atom stereocenters. The van der Waals surface area contributed by atoms with Crippen LogP contribution in [0.3, 0.4) is 0 Å². The van der Waals surface area contributed by atoms with Crippen molar-refractivity contribution in [2.45, 2.75) is 19.0 Å². The standard InChI is InChI=1S/C19H18N6/c20-10-13-3-1-4-14(9-13)18-17-16(23-12-24-17)6-8-25(18)11-15-5-2-7-22-19(15)21/h1-5,7,9,12,18H,6,8,11H2,(H2,21,22)(H,23,24). The van der Waals surface area contributed by atoms with Gasteiger partial charge in [-0.2, -0.15) is 5.26 Å². The van der Waals surface area contributed by atoms with Crippen LogP contribution in [0.15, 0.2) is 48.9 Å². The Balaban J connectivity index is 1.75. The number of nitrogens with one attached hydrogen (secondary N) is 1. The minimum Gasteiger partial charge on any atom is -0.383 e. The lowest BCUT2D eigenvalue weighted by atomic mass is 9.94. The summed E-state index contributed by atoms with van der Waals surface area (Å²) in [5.74, 6) is 0.555. The van der Waals surface area contributed by atoms with Gasteiger partial charge in [-0.05, 0) is 23.8 Å². The van der Waals surface area contributed by atoms with Gasteiger partial charge in [-0.25, -0.2) is 9.97 Å². The zero-order valence-electron chi connectivity index (χ0n) is 13.7. The van der Waals surface area contributed by atoms with Crippen molar-refractivity contribution in [1.29, 1.82) is 5.26 Å². The molecule has 124 valence electrons. The van der Waals surface area contributed by atoms with Gasteiger partial charge >= 0.3 is 0 Å². The smallest absolute Gasteiger partial charge is 0.127 e. The average Bonchev–Trinajstić information content (AvgIpc) is 3.12. The van der Waals surface area contributed by atoms with Gasteiger partial charge in [0.1, 0.15) is 5.82 Å². The normalized spacial score (nSPS) is 17.0. The van der Waals surface area contributed by atoms with E-state index in [1.54, 1.807) is 12.5 Å². The van der Waals surface area contributed by atoms with Crippen LogP contribution in [0.25, 0.3) is 0 Å². The second-order valence-corrected chi connectivity index (χ2v) is 6.17. The highest BCUT2D eigenvalue weighted by molar-refractivity contribution is 5.41. The molecule has 0 radical (unpaired) electrons. The molecule has 0 saturated heterocycles. The molecule has 1 aliphatic rings. The molecule has 0 amide bonds.